The summed E-state index contributed by atoms with van der Waals surface area (Å²) >= 11 is 8.29. The van der Waals surface area contributed by atoms with Gasteiger partial charge in [0.25, 0.3) is 11.8 Å². The van der Waals surface area contributed by atoms with Crippen LogP contribution >= 0.6 is 28.1 Å². The number of phenols is 1. The number of carbonyl (C=O) groups excluding carboxylic acids is 2. The van der Waals surface area contributed by atoms with E-state index in [2.05, 4.69) is 27.8 Å². The summed E-state index contributed by atoms with van der Waals surface area (Å²) in [6.45, 7) is 3.74. The largest absolute Gasteiger partial charge is 0.504 e. The minimum Gasteiger partial charge on any atom is -0.504 e. The summed E-state index contributed by atoms with van der Waals surface area (Å²) in [7, 11) is 1.42. The molecule has 1 aliphatic rings. The van der Waals surface area contributed by atoms with Crippen molar-refractivity contribution >= 4 is 51.2 Å². The molecular weight excluding hydrogens is 384 g/mol. The summed E-state index contributed by atoms with van der Waals surface area (Å²) in [6, 6.07) is 2.93. The van der Waals surface area contributed by atoms with Crippen LogP contribution in [0.3, 0.4) is 0 Å². The lowest BCUT2D eigenvalue weighted by molar-refractivity contribution is -0.128. The van der Waals surface area contributed by atoms with Crippen LogP contribution in [-0.4, -0.2) is 40.6 Å². The van der Waals surface area contributed by atoms with Crippen molar-refractivity contribution in [1.82, 2.24) is 10.2 Å². The number of methoxy groups -OCH3 is 1. The van der Waals surface area contributed by atoms with Crippen molar-refractivity contribution in [2.45, 2.75) is 0 Å². The Labute approximate surface area is 146 Å². The zero-order chi connectivity index (χ0) is 17.1. The van der Waals surface area contributed by atoms with Gasteiger partial charge in [-0.3, -0.25) is 19.8 Å². The average molecular weight is 397 g/mol. The average Bonchev–Trinajstić information content (AvgIpc) is 2.50. The van der Waals surface area contributed by atoms with Crippen molar-refractivity contribution in [3.8, 4) is 11.5 Å². The Morgan fingerprint density at radius 1 is 1.48 bits per heavy atom. The summed E-state index contributed by atoms with van der Waals surface area (Å²) < 4.78 is 5.55. The fourth-order valence-corrected chi connectivity index (χ4v) is 2.67. The van der Waals surface area contributed by atoms with Gasteiger partial charge in [-0.2, -0.15) is 0 Å². The van der Waals surface area contributed by atoms with Crippen molar-refractivity contribution in [2.75, 3.05) is 13.7 Å². The molecule has 23 heavy (non-hydrogen) atoms. The van der Waals surface area contributed by atoms with Crippen molar-refractivity contribution in [3.63, 3.8) is 0 Å². The predicted octanol–water partition coefficient (Wildman–Crippen LogP) is 1.98. The fraction of sp³-hybridized carbons (Fsp3) is 0.133. The molecule has 2 amide bonds. The van der Waals surface area contributed by atoms with Crippen molar-refractivity contribution in [1.29, 1.82) is 0 Å². The first-order valence-corrected chi connectivity index (χ1v) is 7.65. The minimum atomic E-state index is -0.595. The molecule has 1 heterocycles. The van der Waals surface area contributed by atoms with Crippen LogP contribution in [0.25, 0.3) is 6.08 Å². The molecule has 0 saturated carbocycles. The Kier molecular flexibility index (Phi) is 5.17. The van der Waals surface area contributed by atoms with Gasteiger partial charge in [0.2, 0.25) is 0 Å². The van der Waals surface area contributed by atoms with E-state index < -0.39 is 11.8 Å². The van der Waals surface area contributed by atoms with Crippen molar-refractivity contribution in [2.24, 2.45) is 0 Å². The van der Waals surface area contributed by atoms with Crippen LogP contribution in [0.2, 0.25) is 0 Å². The third kappa shape index (κ3) is 3.43. The highest BCUT2D eigenvalue weighted by atomic mass is 79.9. The van der Waals surface area contributed by atoms with E-state index in [4.69, 9.17) is 17.0 Å². The molecule has 0 radical (unpaired) electrons. The van der Waals surface area contributed by atoms with Crippen LogP contribution in [0, 0.1) is 0 Å². The molecule has 2 rings (SSSR count). The molecule has 1 fully saturated rings. The lowest BCUT2D eigenvalue weighted by atomic mass is 10.1. The van der Waals surface area contributed by atoms with E-state index >= 15 is 0 Å². The number of nitrogens with zero attached hydrogens (tertiary/aromatic N) is 1. The zero-order valence-electron chi connectivity index (χ0n) is 12.1. The Balaban J connectivity index is 2.47. The molecule has 0 aromatic heterocycles. The maximum atomic E-state index is 12.4. The van der Waals surface area contributed by atoms with Gasteiger partial charge in [-0.25, -0.2) is 0 Å². The van der Waals surface area contributed by atoms with Gasteiger partial charge in [0.15, 0.2) is 16.6 Å². The molecule has 8 heteroatoms. The monoisotopic (exact) mass is 396 g/mol. The SMILES string of the molecule is C=CCN1C(=O)C(=Cc2cc(O)c(OC)cc2Br)C(=O)NC1=S. The van der Waals surface area contributed by atoms with Crippen LogP contribution in [0.1, 0.15) is 5.56 Å². The third-order valence-electron chi connectivity index (χ3n) is 3.10. The van der Waals surface area contributed by atoms with Crippen LogP contribution in [0.15, 0.2) is 34.8 Å². The van der Waals surface area contributed by atoms with Crippen molar-refractivity contribution < 1.29 is 19.4 Å². The number of thiocarbonyl (C=S) groups is 1. The van der Waals surface area contributed by atoms with E-state index in [1.807, 2.05) is 0 Å². The zero-order valence-corrected chi connectivity index (χ0v) is 14.5. The molecule has 0 atom stereocenters. The fourth-order valence-electron chi connectivity index (χ4n) is 1.98. The third-order valence-corrected chi connectivity index (χ3v) is 4.10. The normalized spacial score (nSPS) is 16.5. The number of hydrogen-bond donors (Lipinski definition) is 2. The van der Waals surface area contributed by atoms with Gasteiger partial charge in [-0.1, -0.05) is 22.0 Å². The van der Waals surface area contributed by atoms with Gasteiger partial charge >= 0.3 is 0 Å². The summed E-state index contributed by atoms with van der Waals surface area (Å²) in [5, 5.41) is 12.3. The van der Waals surface area contributed by atoms with E-state index in [-0.39, 0.29) is 28.7 Å². The molecule has 2 N–H and O–H groups in total. The second kappa shape index (κ2) is 6.93. The van der Waals surface area contributed by atoms with Gasteiger partial charge in [0.05, 0.1) is 7.11 Å². The predicted molar refractivity (Wildman–Crippen MR) is 93.0 cm³/mol. The summed E-state index contributed by atoms with van der Waals surface area (Å²) in [5.41, 5.74) is 0.360. The lowest BCUT2D eigenvalue weighted by Crippen LogP contribution is -2.53. The van der Waals surface area contributed by atoms with Gasteiger partial charge in [0, 0.05) is 11.0 Å². The smallest absolute Gasteiger partial charge is 0.265 e. The number of carbonyl (C=O) groups is 2. The van der Waals surface area contributed by atoms with Gasteiger partial charge in [-0.15, -0.1) is 6.58 Å². The topological polar surface area (TPSA) is 78.9 Å². The Morgan fingerprint density at radius 3 is 2.78 bits per heavy atom. The highest BCUT2D eigenvalue weighted by molar-refractivity contribution is 9.10. The molecule has 1 saturated heterocycles. The van der Waals surface area contributed by atoms with Crippen LogP contribution in [-0.2, 0) is 9.59 Å². The lowest BCUT2D eigenvalue weighted by Gasteiger charge is -2.27. The Morgan fingerprint density at radius 2 is 2.17 bits per heavy atom. The number of phenolic OH excluding ortho intramolecular Hbond substituents is 1. The van der Waals surface area contributed by atoms with Crippen LogP contribution in [0.5, 0.6) is 11.5 Å². The molecule has 120 valence electrons. The van der Waals surface area contributed by atoms with E-state index in [1.54, 1.807) is 6.07 Å². The second-order valence-electron chi connectivity index (χ2n) is 4.57. The minimum absolute atomic E-state index is 0.0358. The van der Waals surface area contributed by atoms with Gasteiger partial charge in [-0.05, 0) is 36.0 Å². The number of benzene rings is 1. The quantitative estimate of drug-likeness (QED) is 0.352. The van der Waals surface area contributed by atoms with Crippen molar-refractivity contribution in [3.05, 3.63) is 40.4 Å². The molecule has 1 aromatic carbocycles. The Hall–Kier alpha value is -2.19. The molecular formula is C15H13BrN2O4S. The molecule has 0 aliphatic carbocycles. The van der Waals surface area contributed by atoms with Crippen LogP contribution < -0.4 is 10.1 Å². The van der Waals surface area contributed by atoms with Gasteiger partial charge < -0.3 is 9.84 Å². The van der Waals surface area contributed by atoms with E-state index in [0.717, 1.165) is 0 Å². The Bertz CT molecular complexity index is 745. The first-order chi connectivity index (χ1) is 10.9. The summed E-state index contributed by atoms with van der Waals surface area (Å²) in [5.74, 6) is -0.957. The van der Waals surface area contributed by atoms with E-state index in [9.17, 15) is 14.7 Å². The highest BCUT2D eigenvalue weighted by Gasteiger charge is 2.32. The van der Waals surface area contributed by atoms with Crippen LogP contribution in [0.4, 0.5) is 0 Å². The first kappa shape index (κ1) is 17.2. The number of nitrogens with one attached hydrogen (secondary N) is 1. The number of aromatic hydroxyl groups is 1. The summed E-state index contributed by atoms with van der Waals surface area (Å²) in [6.07, 6.45) is 2.88. The molecule has 0 spiro atoms. The maximum absolute atomic E-state index is 12.4. The number of halogens is 1. The number of ether oxygens (including phenoxy) is 1. The molecule has 0 unspecified atom stereocenters. The summed E-state index contributed by atoms with van der Waals surface area (Å²) in [4.78, 5) is 25.7. The standard InChI is InChI=1S/C15H13BrN2O4S/c1-3-4-18-14(21)9(13(20)17-15(18)23)5-8-6-11(19)12(22-2)7-10(8)16/h3,5-7,19H,1,4H2,2H3,(H,17,20,23). The van der Waals surface area contributed by atoms with E-state index in [1.165, 1.54) is 30.2 Å². The first-order valence-electron chi connectivity index (χ1n) is 6.45. The number of amides is 2. The van der Waals surface area contributed by atoms with E-state index in [0.29, 0.717) is 10.0 Å². The molecule has 1 aromatic rings. The maximum Gasteiger partial charge on any atom is 0.265 e. The number of rotatable bonds is 4. The van der Waals surface area contributed by atoms with Gasteiger partial charge in [0.1, 0.15) is 5.57 Å². The second-order valence-corrected chi connectivity index (χ2v) is 5.81. The molecule has 6 nitrogen and oxygen atoms in total. The highest BCUT2D eigenvalue weighted by Crippen LogP contribution is 2.33. The molecule has 1 aliphatic heterocycles. The molecule has 0 bridgehead atoms. The number of hydrogen-bond acceptors (Lipinski definition) is 5.